The van der Waals surface area contributed by atoms with Crippen molar-refractivity contribution in [2.24, 2.45) is 0 Å². The molecule has 0 bridgehead atoms. The molecule has 0 amide bonds. The van der Waals surface area contributed by atoms with Gasteiger partial charge in [0, 0.05) is 36.8 Å². The molecule has 0 aliphatic rings. The molecule has 234 valence electrons. The summed E-state index contributed by atoms with van der Waals surface area (Å²) in [6.07, 6.45) is 4.74. The Bertz CT molecular complexity index is 1530. The maximum atomic E-state index is 14.0. The van der Waals surface area contributed by atoms with E-state index in [2.05, 4.69) is 20.8 Å². The van der Waals surface area contributed by atoms with E-state index in [4.69, 9.17) is 14.0 Å². The molecular formula is C31H33F4N5O4. The molecule has 13 heteroatoms. The molecular weight excluding hydrogens is 582 g/mol. The van der Waals surface area contributed by atoms with Crippen molar-refractivity contribution in [2.45, 2.75) is 71.3 Å². The highest BCUT2D eigenvalue weighted by molar-refractivity contribution is 5.69. The Balaban J connectivity index is 1.15. The predicted molar refractivity (Wildman–Crippen MR) is 153 cm³/mol. The lowest BCUT2D eigenvalue weighted by molar-refractivity contribution is -0.152. The van der Waals surface area contributed by atoms with E-state index in [0.717, 1.165) is 49.2 Å². The number of ether oxygens (including phenoxy) is 1. The van der Waals surface area contributed by atoms with Gasteiger partial charge in [-0.25, -0.2) is 9.37 Å². The number of aryl methyl sites for hydroxylation is 3. The number of nitrogens with one attached hydrogen (secondary N) is 1. The highest BCUT2D eigenvalue weighted by Crippen LogP contribution is 2.30. The van der Waals surface area contributed by atoms with Crippen LogP contribution in [0.4, 0.5) is 17.6 Å². The summed E-state index contributed by atoms with van der Waals surface area (Å²) in [5, 5.41) is 8.24. The Morgan fingerprint density at radius 1 is 1.07 bits per heavy atom. The summed E-state index contributed by atoms with van der Waals surface area (Å²) in [7, 11) is 0. The fraction of sp³-hybridized carbons (Fsp3) is 0.355. The van der Waals surface area contributed by atoms with Gasteiger partial charge in [-0.2, -0.15) is 18.7 Å². The molecule has 2 heterocycles. The molecule has 2 aromatic carbocycles. The van der Waals surface area contributed by atoms with Crippen LogP contribution in [0.3, 0.4) is 0 Å². The van der Waals surface area contributed by atoms with Crippen molar-refractivity contribution >= 4 is 18.1 Å². The lowest BCUT2D eigenvalue weighted by Crippen LogP contribution is -2.26. The third kappa shape index (κ3) is 10.3. The number of carbonyl (C=O) groups is 1. The van der Waals surface area contributed by atoms with Gasteiger partial charge >= 0.3 is 12.1 Å². The number of aromatic nitrogens is 4. The largest absolute Gasteiger partial charge is 0.487 e. The number of carbonyl (C=O) groups excluding carboxylic acids is 1. The lowest BCUT2D eigenvalue weighted by atomic mass is 10.1. The maximum absolute atomic E-state index is 14.0. The molecule has 0 aliphatic carbocycles. The first-order valence-corrected chi connectivity index (χ1v) is 14.1. The molecule has 0 fully saturated rings. The van der Waals surface area contributed by atoms with Crippen LogP contribution in [0.2, 0.25) is 0 Å². The summed E-state index contributed by atoms with van der Waals surface area (Å²) in [5.41, 5.74) is 3.96. The van der Waals surface area contributed by atoms with Gasteiger partial charge in [-0.05, 0) is 69.0 Å². The molecule has 0 aliphatic heterocycles. The standard InChI is InChI=1S/C31H33F4N5O4/c1-21(2)38-44-30(41)15-11-25-18-40(39-37-25)16-4-3-5-22-6-12-27(13-7-22)42-19-26-20-43-29(36-26)14-9-23-8-10-24(17-28(23)32)31(33,34)35/h6-10,12-14,17-18,20-21,38H,3-5,11,15-16,19H2,1-2H3/b14-9+. The van der Waals surface area contributed by atoms with Gasteiger partial charge in [0.05, 0.1) is 17.7 Å². The number of rotatable bonds is 15. The number of benzene rings is 2. The molecule has 2 aromatic heterocycles. The molecule has 0 atom stereocenters. The first kappa shape index (κ1) is 32.4. The highest BCUT2D eigenvalue weighted by Gasteiger charge is 2.31. The van der Waals surface area contributed by atoms with Gasteiger partial charge in [-0.15, -0.1) is 5.10 Å². The minimum atomic E-state index is -4.61. The van der Waals surface area contributed by atoms with Gasteiger partial charge in [0.25, 0.3) is 0 Å². The average molecular weight is 616 g/mol. The van der Waals surface area contributed by atoms with Gasteiger partial charge in [-0.1, -0.05) is 23.4 Å². The summed E-state index contributed by atoms with van der Waals surface area (Å²) < 4.78 is 65.0. The lowest BCUT2D eigenvalue weighted by Gasteiger charge is -2.07. The molecule has 0 radical (unpaired) electrons. The minimum Gasteiger partial charge on any atom is -0.487 e. The Hall–Kier alpha value is -4.52. The van der Waals surface area contributed by atoms with E-state index in [-0.39, 0.29) is 36.5 Å². The number of alkyl halides is 3. The highest BCUT2D eigenvalue weighted by atomic mass is 19.4. The van der Waals surface area contributed by atoms with E-state index in [0.29, 0.717) is 23.9 Å². The molecule has 9 nitrogen and oxygen atoms in total. The third-order valence-electron chi connectivity index (χ3n) is 6.30. The molecule has 0 unspecified atom stereocenters. The van der Waals surface area contributed by atoms with E-state index in [9.17, 15) is 22.4 Å². The zero-order chi connectivity index (χ0) is 31.5. The number of hydrogen-bond donors (Lipinski definition) is 1. The number of hydroxylamine groups is 1. The van der Waals surface area contributed by atoms with Gasteiger partial charge in [0.2, 0.25) is 5.89 Å². The van der Waals surface area contributed by atoms with Crippen molar-refractivity contribution in [3.05, 3.63) is 94.7 Å². The second kappa shape index (κ2) is 15.3. The molecule has 0 saturated heterocycles. The topological polar surface area (TPSA) is 104 Å². The summed E-state index contributed by atoms with van der Waals surface area (Å²) in [6.45, 7) is 4.63. The van der Waals surface area contributed by atoms with Crippen LogP contribution in [0.1, 0.15) is 67.1 Å². The number of halogens is 4. The third-order valence-corrected chi connectivity index (χ3v) is 6.30. The van der Waals surface area contributed by atoms with Crippen molar-refractivity contribution in [1.82, 2.24) is 25.5 Å². The fourth-order valence-electron chi connectivity index (χ4n) is 4.00. The summed E-state index contributed by atoms with van der Waals surface area (Å²) in [4.78, 5) is 20.9. The maximum Gasteiger partial charge on any atom is 0.416 e. The Morgan fingerprint density at radius 2 is 1.86 bits per heavy atom. The Morgan fingerprint density at radius 3 is 2.59 bits per heavy atom. The van der Waals surface area contributed by atoms with Crippen LogP contribution in [0, 0.1) is 5.82 Å². The van der Waals surface area contributed by atoms with E-state index in [1.807, 2.05) is 44.3 Å². The number of oxazole rings is 1. The van der Waals surface area contributed by atoms with Gasteiger partial charge < -0.3 is 14.0 Å². The van der Waals surface area contributed by atoms with E-state index in [1.54, 1.807) is 4.68 Å². The first-order valence-electron chi connectivity index (χ1n) is 14.1. The normalized spacial score (nSPS) is 11.9. The average Bonchev–Trinajstić information content (AvgIpc) is 3.65. The van der Waals surface area contributed by atoms with Crippen LogP contribution in [0.15, 0.2) is 59.3 Å². The van der Waals surface area contributed by atoms with E-state index < -0.39 is 17.6 Å². The Kier molecular flexibility index (Phi) is 11.2. The molecule has 44 heavy (non-hydrogen) atoms. The second-order valence-corrected chi connectivity index (χ2v) is 10.4. The van der Waals surface area contributed by atoms with Crippen molar-refractivity contribution in [3.63, 3.8) is 0 Å². The number of unbranched alkanes of at least 4 members (excludes halogenated alkanes) is 1. The van der Waals surface area contributed by atoms with Gasteiger partial charge in [0.1, 0.15) is 30.1 Å². The SMILES string of the molecule is CC(C)NOC(=O)CCc1cn(CCCCc2ccc(OCc3coc(/C=C/c4ccc(C(F)(F)F)cc4F)n3)cc2)nn1. The van der Waals surface area contributed by atoms with Crippen molar-refractivity contribution in [2.75, 3.05) is 0 Å². The predicted octanol–water partition coefficient (Wildman–Crippen LogP) is 6.59. The van der Waals surface area contributed by atoms with Crippen LogP contribution in [0.25, 0.3) is 12.2 Å². The van der Waals surface area contributed by atoms with Crippen molar-refractivity contribution in [1.29, 1.82) is 0 Å². The summed E-state index contributed by atoms with van der Waals surface area (Å²) in [6, 6.07) is 10.1. The number of hydrogen-bond acceptors (Lipinski definition) is 8. The minimum absolute atomic E-state index is 0.0207. The second-order valence-electron chi connectivity index (χ2n) is 10.4. The quantitative estimate of drug-likeness (QED) is 0.0908. The van der Waals surface area contributed by atoms with Crippen molar-refractivity contribution < 1.29 is 36.3 Å². The van der Waals surface area contributed by atoms with Crippen LogP contribution >= 0.6 is 0 Å². The zero-order valence-corrected chi connectivity index (χ0v) is 24.3. The molecule has 0 spiro atoms. The first-order chi connectivity index (χ1) is 21.0. The van der Waals surface area contributed by atoms with Crippen LogP contribution < -0.4 is 10.2 Å². The van der Waals surface area contributed by atoms with E-state index in [1.165, 1.54) is 18.4 Å². The van der Waals surface area contributed by atoms with Crippen molar-refractivity contribution in [3.8, 4) is 5.75 Å². The van der Waals surface area contributed by atoms with Crippen LogP contribution in [-0.2, 0) is 41.8 Å². The fourth-order valence-corrected chi connectivity index (χ4v) is 4.00. The Labute approximate surface area is 251 Å². The van der Waals surface area contributed by atoms with Crippen LogP contribution in [-0.4, -0.2) is 32.0 Å². The van der Waals surface area contributed by atoms with Gasteiger partial charge in [0.15, 0.2) is 0 Å². The smallest absolute Gasteiger partial charge is 0.416 e. The zero-order valence-electron chi connectivity index (χ0n) is 24.3. The van der Waals surface area contributed by atoms with Gasteiger partial charge in [-0.3, -0.25) is 9.48 Å². The summed E-state index contributed by atoms with van der Waals surface area (Å²) in [5.74, 6) is -0.508. The molecule has 0 saturated carbocycles. The molecule has 4 aromatic rings. The molecule has 1 N–H and O–H groups in total. The monoisotopic (exact) mass is 615 g/mol. The van der Waals surface area contributed by atoms with Crippen LogP contribution in [0.5, 0.6) is 5.75 Å². The summed E-state index contributed by atoms with van der Waals surface area (Å²) >= 11 is 0. The number of nitrogens with zero attached hydrogens (tertiary/aromatic N) is 4. The molecule has 4 rings (SSSR count). The van der Waals surface area contributed by atoms with E-state index >= 15 is 0 Å².